The van der Waals surface area contributed by atoms with E-state index < -0.39 is 10.8 Å². The van der Waals surface area contributed by atoms with Gasteiger partial charge in [0.2, 0.25) is 0 Å². The van der Waals surface area contributed by atoms with Crippen LogP contribution in [0.3, 0.4) is 0 Å². The molecule has 0 aliphatic rings. The predicted octanol–water partition coefficient (Wildman–Crippen LogP) is 3.87. The van der Waals surface area contributed by atoms with Crippen LogP contribution in [0.15, 0.2) is 55.8 Å². The van der Waals surface area contributed by atoms with Crippen molar-refractivity contribution in [1.29, 1.82) is 0 Å². The Kier molecular flexibility index (Phi) is 3.38. The van der Waals surface area contributed by atoms with Gasteiger partial charge in [-0.2, -0.15) is 0 Å². The summed E-state index contributed by atoms with van der Waals surface area (Å²) in [6.07, 6.45) is 0. The molecule has 0 fully saturated rings. The summed E-state index contributed by atoms with van der Waals surface area (Å²) in [5, 5.41) is 22.6. The second kappa shape index (κ2) is 5.71. The van der Waals surface area contributed by atoms with E-state index in [4.69, 9.17) is 13.4 Å². The zero-order valence-corrected chi connectivity index (χ0v) is 12.9. The molecule has 1 aromatic carbocycles. The zero-order chi connectivity index (χ0) is 17.4. The first-order valence-corrected chi connectivity index (χ1v) is 7.23. The van der Waals surface area contributed by atoms with Crippen molar-refractivity contribution >= 4 is 5.88 Å². The average molecular weight is 338 g/mol. The predicted molar refractivity (Wildman–Crippen MR) is 84.3 cm³/mol. The number of benzene rings is 1. The summed E-state index contributed by atoms with van der Waals surface area (Å²) in [6, 6.07) is 12.0. The lowest BCUT2D eigenvalue weighted by Crippen LogP contribution is -1.84. The Hall–Kier alpha value is -3.75. The summed E-state index contributed by atoms with van der Waals surface area (Å²) in [6.45, 7) is 1.73. The molecule has 0 unspecified atom stereocenters. The summed E-state index contributed by atoms with van der Waals surface area (Å²) in [7, 11) is 0. The molecule has 0 saturated carbocycles. The van der Waals surface area contributed by atoms with Gasteiger partial charge in [-0.25, -0.2) is 0 Å². The Morgan fingerprint density at radius 1 is 1.00 bits per heavy atom. The quantitative estimate of drug-likeness (QED) is 0.406. The molecule has 0 N–H and O–H groups in total. The molecule has 0 amide bonds. The summed E-state index contributed by atoms with van der Waals surface area (Å²) >= 11 is 0. The fraction of sp³-hybridized carbons (Fsp3) is 0.0625. The van der Waals surface area contributed by atoms with Gasteiger partial charge in [-0.15, -0.1) is 10.2 Å². The maximum atomic E-state index is 10.7. The van der Waals surface area contributed by atoms with Crippen LogP contribution in [0.25, 0.3) is 34.4 Å². The van der Waals surface area contributed by atoms with Crippen molar-refractivity contribution in [3.63, 3.8) is 0 Å². The van der Waals surface area contributed by atoms with Crippen molar-refractivity contribution in [3.05, 3.63) is 58.3 Å². The molecule has 0 bridgehead atoms. The SMILES string of the molecule is Cc1onc(-c2ccccc2)c1-c1nnc(-c2ccc([N+](=O)[O-])o2)o1. The molecule has 9 heteroatoms. The molecule has 4 aromatic rings. The number of nitrogens with zero attached hydrogens (tertiary/aromatic N) is 4. The maximum absolute atomic E-state index is 10.7. The molecule has 124 valence electrons. The van der Waals surface area contributed by atoms with Crippen molar-refractivity contribution in [2.75, 3.05) is 0 Å². The van der Waals surface area contributed by atoms with Crippen LogP contribution in [0.1, 0.15) is 5.76 Å². The van der Waals surface area contributed by atoms with E-state index in [2.05, 4.69) is 15.4 Å². The maximum Gasteiger partial charge on any atom is 0.433 e. The minimum atomic E-state index is -0.640. The Balaban J connectivity index is 1.76. The number of aryl methyl sites for hydroxylation is 1. The highest BCUT2D eigenvalue weighted by Gasteiger charge is 2.24. The molecule has 25 heavy (non-hydrogen) atoms. The standard InChI is InChI=1S/C16H10N4O5/c1-9-13(14(19-25-9)10-5-3-2-4-6-10)16-18-17-15(24-16)11-7-8-12(23-11)20(21)22/h2-8H,1H3. The van der Waals surface area contributed by atoms with E-state index in [1.165, 1.54) is 12.1 Å². The Morgan fingerprint density at radius 2 is 1.76 bits per heavy atom. The van der Waals surface area contributed by atoms with Gasteiger partial charge >= 0.3 is 5.88 Å². The highest BCUT2D eigenvalue weighted by atomic mass is 16.6. The Morgan fingerprint density at radius 3 is 2.48 bits per heavy atom. The van der Waals surface area contributed by atoms with Gasteiger partial charge in [0.1, 0.15) is 21.9 Å². The molecule has 0 radical (unpaired) electrons. The molecule has 4 rings (SSSR count). The first kappa shape index (κ1) is 14.8. The third-order valence-electron chi connectivity index (χ3n) is 3.53. The highest BCUT2D eigenvalue weighted by Crippen LogP contribution is 2.35. The zero-order valence-electron chi connectivity index (χ0n) is 12.9. The number of nitro groups is 1. The molecule has 0 aliphatic carbocycles. The fourth-order valence-electron chi connectivity index (χ4n) is 2.38. The van der Waals surface area contributed by atoms with E-state index in [0.717, 1.165) is 5.56 Å². The number of aromatic nitrogens is 3. The Bertz CT molecular complexity index is 1050. The lowest BCUT2D eigenvalue weighted by atomic mass is 10.1. The molecular formula is C16H10N4O5. The number of hydrogen-bond acceptors (Lipinski definition) is 8. The van der Waals surface area contributed by atoms with Crippen LogP contribution in [0.5, 0.6) is 0 Å². The normalized spacial score (nSPS) is 10.9. The van der Waals surface area contributed by atoms with Crippen LogP contribution in [0, 0.1) is 17.0 Å². The van der Waals surface area contributed by atoms with Crippen LogP contribution in [0.4, 0.5) is 5.88 Å². The molecule has 3 aromatic heterocycles. The first-order valence-electron chi connectivity index (χ1n) is 7.23. The van der Waals surface area contributed by atoms with E-state index in [-0.39, 0.29) is 17.5 Å². The third-order valence-corrected chi connectivity index (χ3v) is 3.53. The molecule has 0 aliphatic heterocycles. The number of furan rings is 1. The molecule has 0 saturated heterocycles. The van der Waals surface area contributed by atoms with Gasteiger partial charge in [0.05, 0.1) is 6.07 Å². The second-order valence-corrected chi connectivity index (χ2v) is 5.14. The van der Waals surface area contributed by atoms with E-state index in [1.54, 1.807) is 6.92 Å². The summed E-state index contributed by atoms with van der Waals surface area (Å²) in [5.74, 6) is 0.440. The van der Waals surface area contributed by atoms with Crippen LogP contribution in [-0.2, 0) is 0 Å². The second-order valence-electron chi connectivity index (χ2n) is 5.14. The lowest BCUT2D eigenvalue weighted by Gasteiger charge is -1.97. The van der Waals surface area contributed by atoms with E-state index >= 15 is 0 Å². The third kappa shape index (κ3) is 2.57. The Labute approximate surface area is 140 Å². The molecule has 3 heterocycles. The van der Waals surface area contributed by atoms with Crippen molar-refractivity contribution in [2.45, 2.75) is 6.92 Å². The van der Waals surface area contributed by atoms with E-state index in [9.17, 15) is 10.1 Å². The summed E-state index contributed by atoms with van der Waals surface area (Å²) in [5.41, 5.74) is 1.97. The van der Waals surface area contributed by atoms with Gasteiger partial charge in [0.25, 0.3) is 11.8 Å². The minimum absolute atomic E-state index is 0.0303. The van der Waals surface area contributed by atoms with Crippen LogP contribution in [-0.4, -0.2) is 20.3 Å². The molecule has 9 nitrogen and oxygen atoms in total. The molecule has 0 spiro atoms. The monoisotopic (exact) mass is 338 g/mol. The fourth-order valence-corrected chi connectivity index (χ4v) is 2.38. The summed E-state index contributed by atoms with van der Waals surface area (Å²) < 4.78 is 15.9. The van der Waals surface area contributed by atoms with Crippen molar-refractivity contribution < 1.29 is 18.3 Å². The summed E-state index contributed by atoms with van der Waals surface area (Å²) in [4.78, 5) is 10.1. The van der Waals surface area contributed by atoms with Crippen molar-refractivity contribution in [2.24, 2.45) is 0 Å². The van der Waals surface area contributed by atoms with Gasteiger partial charge in [-0.3, -0.25) is 10.1 Å². The highest BCUT2D eigenvalue weighted by molar-refractivity contribution is 5.77. The van der Waals surface area contributed by atoms with Gasteiger partial charge in [0.15, 0.2) is 5.76 Å². The van der Waals surface area contributed by atoms with Crippen LogP contribution >= 0.6 is 0 Å². The largest absolute Gasteiger partial charge is 0.433 e. The van der Waals surface area contributed by atoms with E-state index in [0.29, 0.717) is 17.0 Å². The van der Waals surface area contributed by atoms with Crippen LogP contribution < -0.4 is 0 Å². The smallest absolute Gasteiger partial charge is 0.413 e. The van der Waals surface area contributed by atoms with Crippen molar-refractivity contribution in [1.82, 2.24) is 15.4 Å². The average Bonchev–Trinajstić information content (AvgIpc) is 3.34. The van der Waals surface area contributed by atoms with Gasteiger partial charge in [-0.1, -0.05) is 35.5 Å². The molecule has 0 atom stereocenters. The van der Waals surface area contributed by atoms with E-state index in [1.807, 2.05) is 30.3 Å². The van der Waals surface area contributed by atoms with Gasteiger partial charge in [0, 0.05) is 5.56 Å². The van der Waals surface area contributed by atoms with Gasteiger partial charge < -0.3 is 13.4 Å². The first-order chi connectivity index (χ1) is 12.1. The topological polar surface area (TPSA) is 121 Å². The lowest BCUT2D eigenvalue weighted by molar-refractivity contribution is -0.401. The number of hydrogen-bond donors (Lipinski definition) is 0. The minimum Gasteiger partial charge on any atom is -0.413 e. The number of rotatable bonds is 4. The molecular weight excluding hydrogens is 328 g/mol. The van der Waals surface area contributed by atoms with Crippen molar-refractivity contribution in [3.8, 4) is 34.4 Å². The van der Waals surface area contributed by atoms with Gasteiger partial charge in [-0.05, 0) is 13.0 Å². The van der Waals surface area contributed by atoms with Crippen LogP contribution in [0.2, 0.25) is 0 Å².